The van der Waals surface area contributed by atoms with Gasteiger partial charge in [0.2, 0.25) is 11.8 Å². The normalized spacial score (nSPS) is 22.7. The Morgan fingerprint density at radius 2 is 1.61 bits per heavy atom. The predicted octanol–water partition coefficient (Wildman–Crippen LogP) is 2.35. The Hall–Kier alpha value is -3.10. The molecule has 2 aromatic rings. The molecule has 9 heteroatoms. The fraction of sp³-hybridized carbons (Fsp3) is 0.375. The van der Waals surface area contributed by atoms with Gasteiger partial charge in [-0.1, -0.05) is 35.9 Å². The summed E-state index contributed by atoms with van der Waals surface area (Å²) in [6, 6.07) is 14.3. The maximum atomic E-state index is 13.6. The molecule has 33 heavy (non-hydrogen) atoms. The highest BCUT2D eigenvalue weighted by Crippen LogP contribution is 2.37. The number of para-hydroxylation sites is 3. The van der Waals surface area contributed by atoms with Gasteiger partial charge >= 0.3 is 0 Å². The van der Waals surface area contributed by atoms with E-state index in [4.69, 9.17) is 21.1 Å². The van der Waals surface area contributed by atoms with E-state index in [-0.39, 0.29) is 37.2 Å². The molecule has 2 saturated heterocycles. The van der Waals surface area contributed by atoms with Crippen molar-refractivity contribution in [3.8, 4) is 5.75 Å². The molecule has 0 radical (unpaired) electrons. The Bertz CT molecular complexity index is 1090. The Balaban J connectivity index is 1.38. The van der Waals surface area contributed by atoms with Gasteiger partial charge in [-0.05, 0) is 24.3 Å². The number of halogens is 1. The van der Waals surface area contributed by atoms with Crippen LogP contribution in [-0.2, 0) is 19.1 Å². The number of fused-ring (bicyclic) bond motifs is 1. The highest BCUT2D eigenvalue weighted by atomic mass is 35.5. The molecular weight excluding hydrogens is 446 g/mol. The second-order valence-corrected chi connectivity index (χ2v) is 8.72. The minimum Gasteiger partial charge on any atom is -0.476 e. The number of carbonyl (C=O) groups excluding carboxylic acids is 3. The van der Waals surface area contributed by atoms with Crippen molar-refractivity contribution in [2.45, 2.75) is 12.5 Å². The van der Waals surface area contributed by atoms with Gasteiger partial charge < -0.3 is 24.2 Å². The zero-order valence-corrected chi connectivity index (χ0v) is 18.7. The van der Waals surface area contributed by atoms with Gasteiger partial charge in [0.1, 0.15) is 5.75 Å². The van der Waals surface area contributed by atoms with Crippen LogP contribution in [0.5, 0.6) is 5.75 Å². The summed E-state index contributed by atoms with van der Waals surface area (Å²) in [6.07, 6.45) is -0.718. The molecule has 172 valence electrons. The summed E-state index contributed by atoms with van der Waals surface area (Å²) in [5.41, 5.74) is 1.21. The van der Waals surface area contributed by atoms with E-state index in [9.17, 15) is 14.4 Å². The van der Waals surface area contributed by atoms with Gasteiger partial charge in [0.25, 0.3) is 5.91 Å². The summed E-state index contributed by atoms with van der Waals surface area (Å²) in [5.74, 6) is -0.571. The summed E-state index contributed by atoms with van der Waals surface area (Å²) < 4.78 is 11.3. The van der Waals surface area contributed by atoms with E-state index in [0.29, 0.717) is 48.5 Å². The molecule has 3 amide bonds. The van der Waals surface area contributed by atoms with E-state index in [2.05, 4.69) is 0 Å². The average molecular weight is 470 g/mol. The number of anilines is 2. The predicted molar refractivity (Wildman–Crippen MR) is 123 cm³/mol. The molecule has 3 heterocycles. The molecule has 0 spiro atoms. The van der Waals surface area contributed by atoms with Crippen molar-refractivity contribution < 1.29 is 23.9 Å². The van der Waals surface area contributed by atoms with Crippen LogP contribution in [0.1, 0.15) is 6.42 Å². The number of ether oxygens (including phenoxy) is 2. The maximum absolute atomic E-state index is 13.6. The van der Waals surface area contributed by atoms with Crippen LogP contribution < -0.4 is 14.5 Å². The van der Waals surface area contributed by atoms with Crippen molar-refractivity contribution >= 4 is 40.7 Å². The number of benzene rings is 2. The third-order valence-corrected chi connectivity index (χ3v) is 6.58. The van der Waals surface area contributed by atoms with Gasteiger partial charge in [0, 0.05) is 26.1 Å². The fourth-order valence-electron chi connectivity index (χ4n) is 4.56. The van der Waals surface area contributed by atoms with Crippen LogP contribution in [0.2, 0.25) is 5.02 Å². The summed E-state index contributed by atoms with van der Waals surface area (Å²) in [4.78, 5) is 44.4. The first-order valence-corrected chi connectivity index (χ1v) is 11.4. The maximum Gasteiger partial charge on any atom is 0.265 e. The molecule has 2 atom stereocenters. The quantitative estimate of drug-likeness (QED) is 0.689. The molecule has 0 saturated carbocycles. The van der Waals surface area contributed by atoms with Crippen molar-refractivity contribution in [2.24, 2.45) is 5.92 Å². The lowest BCUT2D eigenvalue weighted by atomic mass is 10.0. The standard InChI is InChI=1S/C24H24ClN3O5/c25-17-5-1-2-6-18(17)27-14-16(13-22(27)29)23(30)28-15-21(24(31)26-9-11-32-12-10-26)33-20-8-4-3-7-19(20)28/h1-8,16,21H,9-15H2. The van der Waals surface area contributed by atoms with Gasteiger partial charge in [-0.2, -0.15) is 0 Å². The van der Waals surface area contributed by atoms with Crippen molar-refractivity contribution in [1.29, 1.82) is 0 Å². The second kappa shape index (κ2) is 9.03. The monoisotopic (exact) mass is 469 g/mol. The van der Waals surface area contributed by atoms with Gasteiger partial charge in [-0.25, -0.2) is 0 Å². The zero-order valence-electron chi connectivity index (χ0n) is 18.0. The number of hydrogen-bond donors (Lipinski definition) is 0. The van der Waals surface area contributed by atoms with Gasteiger partial charge in [-0.3, -0.25) is 14.4 Å². The first-order valence-electron chi connectivity index (χ1n) is 11.0. The van der Waals surface area contributed by atoms with Crippen LogP contribution >= 0.6 is 11.6 Å². The van der Waals surface area contributed by atoms with E-state index < -0.39 is 12.0 Å². The van der Waals surface area contributed by atoms with Crippen LogP contribution in [0, 0.1) is 5.92 Å². The minimum atomic E-state index is -0.807. The largest absolute Gasteiger partial charge is 0.476 e. The number of hydrogen-bond acceptors (Lipinski definition) is 5. The molecule has 2 fully saturated rings. The molecule has 0 N–H and O–H groups in total. The topological polar surface area (TPSA) is 79.4 Å². The number of amides is 3. The molecule has 0 aromatic heterocycles. The molecule has 2 unspecified atom stereocenters. The minimum absolute atomic E-state index is 0.0889. The lowest BCUT2D eigenvalue weighted by Gasteiger charge is -2.38. The van der Waals surface area contributed by atoms with Gasteiger partial charge in [0.05, 0.1) is 42.1 Å². The number of rotatable bonds is 3. The van der Waals surface area contributed by atoms with E-state index in [1.165, 1.54) is 0 Å². The Morgan fingerprint density at radius 3 is 2.36 bits per heavy atom. The number of carbonyl (C=O) groups is 3. The first kappa shape index (κ1) is 21.7. The summed E-state index contributed by atoms with van der Waals surface area (Å²) in [5, 5.41) is 0.465. The molecule has 2 aromatic carbocycles. The summed E-state index contributed by atoms with van der Waals surface area (Å²) in [6.45, 7) is 2.31. The highest BCUT2D eigenvalue weighted by molar-refractivity contribution is 6.34. The second-order valence-electron chi connectivity index (χ2n) is 8.32. The van der Waals surface area contributed by atoms with E-state index in [1.54, 1.807) is 51.1 Å². The SMILES string of the molecule is O=C(C1CN(C(=O)C2CC(=O)N(c3ccccc3Cl)C2)c2ccccc2O1)N1CCOCC1. The van der Waals surface area contributed by atoms with Crippen LogP contribution in [0.4, 0.5) is 11.4 Å². The third kappa shape index (κ3) is 4.16. The zero-order chi connectivity index (χ0) is 22.9. The number of morpholine rings is 1. The molecule has 3 aliphatic rings. The van der Waals surface area contributed by atoms with Crippen LogP contribution in [0.25, 0.3) is 0 Å². The van der Waals surface area contributed by atoms with Crippen LogP contribution in [0.3, 0.4) is 0 Å². The molecule has 0 bridgehead atoms. The smallest absolute Gasteiger partial charge is 0.265 e. The average Bonchev–Trinajstić information content (AvgIpc) is 3.24. The fourth-order valence-corrected chi connectivity index (χ4v) is 4.79. The lowest BCUT2D eigenvalue weighted by molar-refractivity contribution is -0.143. The highest BCUT2D eigenvalue weighted by Gasteiger charge is 2.42. The molecule has 0 aliphatic carbocycles. The Kier molecular flexibility index (Phi) is 5.95. The van der Waals surface area contributed by atoms with Gasteiger partial charge in [0.15, 0.2) is 6.10 Å². The van der Waals surface area contributed by atoms with Gasteiger partial charge in [-0.15, -0.1) is 0 Å². The number of nitrogens with zero attached hydrogens (tertiary/aromatic N) is 3. The van der Waals surface area contributed by atoms with E-state index >= 15 is 0 Å². The molecular formula is C24H24ClN3O5. The Labute approximate surface area is 196 Å². The van der Waals surface area contributed by atoms with Crippen molar-refractivity contribution in [3.05, 3.63) is 53.6 Å². The summed E-state index contributed by atoms with van der Waals surface area (Å²) in [7, 11) is 0. The van der Waals surface area contributed by atoms with Crippen LogP contribution in [0.15, 0.2) is 48.5 Å². The summed E-state index contributed by atoms with van der Waals surface area (Å²) >= 11 is 6.28. The van der Waals surface area contributed by atoms with Crippen LogP contribution in [-0.4, -0.2) is 68.1 Å². The van der Waals surface area contributed by atoms with Crippen molar-refractivity contribution in [2.75, 3.05) is 49.2 Å². The lowest BCUT2D eigenvalue weighted by Crippen LogP contribution is -2.54. The molecule has 5 rings (SSSR count). The molecule has 3 aliphatic heterocycles. The Morgan fingerprint density at radius 1 is 0.909 bits per heavy atom. The van der Waals surface area contributed by atoms with Crippen molar-refractivity contribution in [1.82, 2.24) is 4.90 Å². The van der Waals surface area contributed by atoms with E-state index in [1.807, 2.05) is 12.1 Å². The van der Waals surface area contributed by atoms with Crippen molar-refractivity contribution in [3.63, 3.8) is 0 Å². The molecule has 8 nitrogen and oxygen atoms in total. The third-order valence-electron chi connectivity index (χ3n) is 6.26. The van der Waals surface area contributed by atoms with E-state index in [0.717, 1.165) is 0 Å². The first-order chi connectivity index (χ1) is 16.0.